The van der Waals surface area contributed by atoms with Crippen LogP contribution in [0.3, 0.4) is 0 Å². The summed E-state index contributed by atoms with van der Waals surface area (Å²) in [7, 11) is 5.04. The van der Waals surface area contributed by atoms with Gasteiger partial charge in [-0.1, -0.05) is 6.92 Å². The Labute approximate surface area is 145 Å². The lowest BCUT2D eigenvalue weighted by Crippen LogP contribution is -2.40. The van der Waals surface area contributed by atoms with Crippen LogP contribution in [0, 0.1) is 5.92 Å². The van der Waals surface area contributed by atoms with Crippen molar-refractivity contribution >= 4 is 11.6 Å². The third-order valence-corrected chi connectivity index (χ3v) is 4.47. The summed E-state index contributed by atoms with van der Waals surface area (Å²) in [5, 5.41) is 6.65. The zero-order valence-corrected chi connectivity index (χ0v) is 15.3. The Morgan fingerprint density at radius 3 is 2.54 bits per heavy atom. The minimum Gasteiger partial charge on any atom is -0.493 e. The zero-order chi connectivity index (χ0) is 17.4. The van der Waals surface area contributed by atoms with Crippen molar-refractivity contribution in [2.75, 3.05) is 52.8 Å². The minimum absolute atomic E-state index is 0.695. The van der Waals surface area contributed by atoms with E-state index < -0.39 is 0 Å². The van der Waals surface area contributed by atoms with Gasteiger partial charge >= 0.3 is 0 Å². The van der Waals surface area contributed by atoms with Gasteiger partial charge in [-0.05, 0) is 44.0 Å². The highest BCUT2D eigenvalue weighted by Gasteiger charge is 2.15. The van der Waals surface area contributed by atoms with E-state index in [1.807, 2.05) is 18.2 Å². The number of guanidine groups is 1. The van der Waals surface area contributed by atoms with E-state index in [0.29, 0.717) is 11.5 Å². The maximum atomic E-state index is 5.33. The van der Waals surface area contributed by atoms with Crippen molar-refractivity contribution in [2.45, 2.75) is 19.8 Å². The summed E-state index contributed by atoms with van der Waals surface area (Å²) in [5.74, 6) is 3.03. The first-order valence-corrected chi connectivity index (χ1v) is 8.58. The van der Waals surface area contributed by atoms with Crippen molar-refractivity contribution in [3.8, 4) is 11.5 Å². The molecule has 0 aliphatic carbocycles. The Bertz CT molecular complexity index is 540. The zero-order valence-electron chi connectivity index (χ0n) is 15.3. The molecule has 1 aromatic carbocycles. The van der Waals surface area contributed by atoms with Gasteiger partial charge in [-0.3, -0.25) is 4.99 Å². The first-order valence-electron chi connectivity index (χ1n) is 8.58. The second-order valence-corrected chi connectivity index (χ2v) is 6.22. The molecule has 2 rings (SSSR count). The average molecular weight is 334 g/mol. The van der Waals surface area contributed by atoms with E-state index in [2.05, 4.69) is 27.4 Å². The lowest BCUT2D eigenvalue weighted by atomic mass is 9.99. The smallest absolute Gasteiger partial charge is 0.195 e. The lowest BCUT2D eigenvalue weighted by Gasteiger charge is -2.30. The van der Waals surface area contributed by atoms with Gasteiger partial charge in [-0.25, -0.2) is 0 Å². The number of piperidine rings is 1. The normalized spacial score (nSPS) is 16.8. The number of hydrogen-bond acceptors (Lipinski definition) is 4. The Morgan fingerprint density at radius 2 is 1.92 bits per heavy atom. The third-order valence-electron chi connectivity index (χ3n) is 4.47. The van der Waals surface area contributed by atoms with Crippen LogP contribution in [-0.4, -0.2) is 58.3 Å². The third kappa shape index (κ3) is 5.30. The fourth-order valence-electron chi connectivity index (χ4n) is 2.85. The summed E-state index contributed by atoms with van der Waals surface area (Å²) in [6.07, 6.45) is 2.61. The largest absolute Gasteiger partial charge is 0.493 e. The van der Waals surface area contributed by atoms with Crippen LogP contribution in [0.25, 0.3) is 0 Å². The Hall–Kier alpha value is -1.95. The molecule has 0 amide bonds. The Kier molecular flexibility index (Phi) is 7.18. The van der Waals surface area contributed by atoms with Gasteiger partial charge in [-0.15, -0.1) is 0 Å². The molecule has 1 aliphatic rings. The van der Waals surface area contributed by atoms with Crippen molar-refractivity contribution in [1.82, 2.24) is 10.2 Å². The van der Waals surface area contributed by atoms with E-state index in [4.69, 9.17) is 9.47 Å². The molecule has 2 N–H and O–H groups in total. The highest BCUT2D eigenvalue weighted by atomic mass is 16.5. The van der Waals surface area contributed by atoms with Crippen LogP contribution in [0.4, 0.5) is 5.69 Å². The Balaban J connectivity index is 1.82. The summed E-state index contributed by atoms with van der Waals surface area (Å²) in [4.78, 5) is 6.79. The van der Waals surface area contributed by atoms with E-state index in [9.17, 15) is 0 Å². The van der Waals surface area contributed by atoms with Crippen LogP contribution < -0.4 is 20.1 Å². The van der Waals surface area contributed by atoms with Crippen LogP contribution >= 0.6 is 0 Å². The molecule has 0 spiro atoms. The standard InChI is InChI=1S/C18H30N4O2/c1-14-7-10-22(11-8-14)12-9-20-18(19-2)21-15-5-6-16(23-3)17(13-15)24-4/h5-6,13-14H,7-12H2,1-4H3,(H2,19,20,21). The van der Waals surface area contributed by atoms with Crippen LogP contribution in [0.15, 0.2) is 23.2 Å². The minimum atomic E-state index is 0.695. The average Bonchev–Trinajstić information content (AvgIpc) is 2.62. The molecule has 1 aliphatic heterocycles. The molecule has 0 unspecified atom stereocenters. The van der Waals surface area contributed by atoms with Gasteiger partial charge in [0.05, 0.1) is 14.2 Å². The monoisotopic (exact) mass is 334 g/mol. The number of methoxy groups -OCH3 is 2. The number of hydrogen-bond donors (Lipinski definition) is 2. The molecule has 1 heterocycles. The molecular weight excluding hydrogens is 304 g/mol. The van der Waals surface area contributed by atoms with Crippen LogP contribution in [0.1, 0.15) is 19.8 Å². The number of anilines is 1. The number of nitrogens with zero attached hydrogens (tertiary/aromatic N) is 2. The number of benzene rings is 1. The molecule has 0 radical (unpaired) electrons. The van der Waals surface area contributed by atoms with Gasteiger partial charge in [0, 0.05) is 31.9 Å². The summed E-state index contributed by atoms with van der Waals surface area (Å²) in [6.45, 7) is 6.65. The summed E-state index contributed by atoms with van der Waals surface area (Å²) in [6, 6.07) is 5.72. The van der Waals surface area contributed by atoms with Gasteiger partial charge in [0.15, 0.2) is 17.5 Å². The van der Waals surface area contributed by atoms with E-state index in [1.165, 1.54) is 25.9 Å². The van der Waals surface area contributed by atoms with Gasteiger partial charge in [0.2, 0.25) is 0 Å². The van der Waals surface area contributed by atoms with Gasteiger partial charge in [0.25, 0.3) is 0 Å². The molecule has 0 bridgehead atoms. The van der Waals surface area contributed by atoms with E-state index in [0.717, 1.165) is 30.7 Å². The first kappa shape index (κ1) is 18.4. The van der Waals surface area contributed by atoms with Gasteiger partial charge < -0.3 is 25.0 Å². The second kappa shape index (κ2) is 9.37. The maximum Gasteiger partial charge on any atom is 0.195 e. The van der Waals surface area contributed by atoms with Crippen molar-refractivity contribution in [2.24, 2.45) is 10.9 Å². The van der Waals surface area contributed by atoms with Crippen molar-refractivity contribution in [1.29, 1.82) is 0 Å². The fourth-order valence-corrected chi connectivity index (χ4v) is 2.85. The van der Waals surface area contributed by atoms with Crippen LogP contribution in [0.2, 0.25) is 0 Å². The molecular formula is C18H30N4O2. The SMILES string of the molecule is CN=C(NCCN1CCC(C)CC1)Nc1ccc(OC)c(OC)c1. The highest BCUT2D eigenvalue weighted by molar-refractivity contribution is 5.93. The quantitative estimate of drug-likeness (QED) is 0.618. The molecule has 24 heavy (non-hydrogen) atoms. The van der Waals surface area contributed by atoms with Crippen molar-refractivity contribution in [3.63, 3.8) is 0 Å². The second-order valence-electron chi connectivity index (χ2n) is 6.22. The van der Waals surface area contributed by atoms with Gasteiger partial charge in [0.1, 0.15) is 0 Å². The molecule has 0 atom stereocenters. The fraction of sp³-hybridized carbons (Fsp3) is 0.611. The number of likely N-dealkylation sites (tertiary alicyclic amines) is 1. The molecule has 6 nitrogen and oxygen atoms in total. The predicted octanol–water partition coefficient (Wildman–Crippen LogP) is 2.42. The van der Waals surface area contributed by atoms with Crippen LogP contribution in [0.5, 0.6) is 11.5 Å². The van der Waals surface area contributed by atoms with Crippen molar-refractivity contribution < 1.29 is 9.47 Å². The lowest BCUT2D eigenvalue weighted by molar-refractivity contribution is 0.195. The Morgan fingerprint density at radius 1 is 1.21 bits per heavy atom. The molecule has 1 fully saturated rings. The van der Waals surface area contributed by atoms with Crippen molar-refractivity contribution in [3.05, 3.63) is 18.2 Å². The maximum absolute atomic E-state index is 5.33. The summed E-state index contributed by atoms with van der Waals surface area (Å²) < 4.78 is 10.6. The number of nitrogens with one attached hydrogen (secondary N) is 2. The van der Waals surface area contributed by atoms with Gasteiger partial charge in [-0.2, -0.15) is 0 Å². The summed E-state index contributed by atoms with van der Waals surface area (Å²) >= 11 is 0. The van der Waals surface area contributed by atoms with Crippen LogP contribution in [-0.2, 0) is 0 Å². The number of aliphatic imine (C=N–C) groups is 1. The molecule has 1 aromatic rings. The molecule has 0 saturated carbocycles. The highest BCUT2D eigenvalue weighted by Crippen LogP contribution is 2.29. The number of ether oxygens (including phenoxy) is 2. The molecule has 6 heteroatoms. The number of rotatable bonds is 6. The van der Waals surface area contributed by atoms with E-state index in [1.54, 1.807) is 21.3 Å². The van der Waals surface area contributed by atoms with E-state index in [-0.39, 0.29) is 0 Å². The summed E-state index contributed by atoms with van der Waals surface area (Å²) in [5.41, 5.74) is 0.910. The van der Waals surface area contributed by atoms with E-state index >= 15 is 0 Å². The molecule has 134 valence electrons. The topological polar surface area (TPSA) is 58.1 Å². The molecule has 0 aromatic heterocycles. The molecule has 1 saturated heterocycles. The first-order chi connectivity index (χ1) is 11.7. The predicted molar refractivity (Wildman–Crippen MR) is 99.4 cm³/mol.